The normalized spacial score (nSPS) is 14.9. The summed E-state index contributed by atoms with van der Waals surface area (Å²) in [6, 6.07) is 21.4. The molecule has 0 aliphatic rings. The van der Waals surface area contributed by atoms with E-state index in [2.05, 4.69) is 114 Å². The zero-order valence-corrected chi connectivity index (χ0v) is 21.2. The average Bonchev–Trinajstić information content (AvgIpc) is 2.76. The van der Waals surface area contributed by atoms with Crippen molar-refractivity contribution in [2.45, 2.75) is 84.5 Å². The lowest BCUT2D eigenvalue weighted by Crippen LogP contribution is -2.67. The highest BCUT2D eigenvalue weighted by Crippen LogP contribution is 2.37. The Morgan fingerprint density at radius 2 is 1.45 bits per heavy atom. The van der Waals surface area contributed by atoms with Gasteiger partial charge in [0.15, 0.2) is 0 Å². The summed E-state index contributed by atoms with van der Waals surface area (Å²) in [5, 5.41) is 12.9. The van der Waals surface area contributed by atoms with Crippen molar-refractivity contribution in [3.05, 3.63) is 60.7 Å². The summed E-state index contributed by atoms with van der Waals surface area (Å²) in [6.07, 6.45) is 3.31. The van der Waals surface area contributed by atoms with Crippen LogP contribution in [0.5, 0.6) is 0 Å². The molecule has 31 heavy (non-hydrogen) atoms. The van der Waals surface area contributed by atoms with Gasteiger partial charge in [0.1, 0.15) is 6.10 Å². The second kappa shape index (κ2) is 11.7. The molecule has 0 bridgehead atoms. The van der Waals surface area contributed by atoms with E-state index in [1.807, 2.05) is 0 Å². The maximum absolute atomic E-state index is 10.4. The van der Waals surface area contributed by atoms with Crippen molar-refractivity contribution in [3.8, 4) is 11.8 Å². The van der Waals surface area contributed by atoms with Crippen LogP contribution in [0.15, 0.2) is 60.7 Å². The fourth-order valence-corrected chi connectivity index (χ4v) is 8.87. The highest BCUT2D eigenvalue weighted by atomic mass is 28.4. The van der Waals surface area contributed by atoms with Crippen LogP contribution < -0.4 is 10.4 Å². The van der Waals surface area contributed by atoms with Crippen LogP contribution in [0.1, 0.15) is 67.2 Å². The van der Waals surface area contributed by atoms with Crippen LogP contribution in [-0.4, -0.2) is 25.6 Å². The third kappa shape index (κ3) is 6.56. The van der Waals surface area contributed by atoms with Gasteiger partial charge in [-0.15, -0.1) is 0 Å². The summed E-state index contributed by atoms with van der Waals surface area (Å²) in [6.45, 7) is 13.2. The smallest absolute Gasteiger partial charge is 0.261 e. The van der Waals surface area contributed by atoms with Crippen molar-refractivity contribution in [2.24, 2.45) is 5.92 Å². The summed E-state index contributed by atoms with van der Waals surface area (Å²) < 4.78 is 7.04. The van der Waals surface area contributed by atoms with Gasteiger partial charge in [0.25, 0.3) is 8.32 Å². The summed E-state index contributed by atoms with van der Waals surface area (Å²) in [7, 11) is -2.56. The summed E-state index contributed by atoms with van der Waals surface area (Å²) in [5.41, 5.74) is 0. The summed E-state index contributed by atoms with van der Waals surface area (Å²) in [5.74, 6) is 6.49. The van der Waals surface area contributed by atoms with Gasteiger partial charge in [0.05, 0.1) is 6.10 Å². The summed E-state index contributed by atoms with van der Waals surface area (Å²) >= 11 is 0. The number of aliphatic hydroxyl groups is 1. The van der Waals surface area contributed by atoms with Crippen LogP contribution in [0.3, 0.4) is 0 Å². The molecule has 2 aromatic carbocycles. The third-order valence-corrected chi connectivity index (χ3v) is 11.1. The molecule has 168 valence electrons. The van der Waals surface area contributed by atoms with Crippen LogP contribution in [-0.2, 0) is 4.43 Å². The SMILES string of the molecule is CCCC[C@H](C)C(O)C#CC[C@H](C)O[Si](c1ccccc1)(c1ccccc1)C(C)(C)C. The maximum Gasteiger partial charge on any atom is 0.261 e. The molecule has 0 aromatic heterocycles. The predicted molar refractivity (Wildman–Crippen MR) is 135 cm³/mol. The van der Waals surface area contributed by atoms with Crippen molar-refractivity contribution in [1.29, 1.82) is 0 Å². The van der Waals surface area contributed by atoms with Gasteiger partial charge in [0.2, 0.25) is 0 Å². The third-order valence-electron chi connectivity index (χ3n) is 5.99. The minimum absolute atomic E-state index is 0.0306. The minimum Gasteiger partial charge on any atom is -0.404 e. The zero-order chi connectivity index (χ0) is 22.9. The second-order valence-electron chi connectivity index (χ2n) is 9.68. The molecule has 2 aromatic rings. The fraction of sp³-hybridized carbons (Fsp3) is 0.500. The van der Waals surface area contributed by atoms with Gasteiger partial charge in [-0.25, -0.2) is 0 Å². The molecule has 0 radical (unpaired) electrons. The molecule has 0 aliphatic carbocycles. The number of rotatable bonds is 9. The van der Waals surface area contributed by atoms with Crippen LogP contribution >= 0.6 is 0 Å². The number of unbranched alkanes of at least 4 members (excludes halogenated alkanes) is 1. The summed E-state index contributed by atoms with van der Waals surface area (Å²) in [4.78, 5) is 0. The van der Waals surface area contributed by atoms with E-state index >= 15 is 0 Å². The molecular weight excluding hydrogens is 396 g/mol. The van der Waals surface area contributed by atoms with E-state index in [1.54, 1.807) is 0 Å². The molecular formula is C28H40O2Si. The van der Waals surface area contributed by atoms with Gasteiger partial charge in [-0.05, 0) is 34.7 Å². The molecule has 0 saturated heterocycles. The quantitative estimate of drug-likeness (QED) is 0.413. The molecule has 0 saturated carbocycles. The van der Waals surface area contributed by atoms with E-state index < -0.39 is 14.4 Å². The van der Waals surface area contributed by atoms with E-state index in [1.165, 1.54) is 10.4 Å². The van der Waals surface area contributed by atoms with E-state index in [4.69, 9.17) is 4.43 Å². The lowest BCUT2D eigenvalue weighted by molar-refractivity contribution is 0.163. The maximum atomic E-state index is 10.4. The predicted octanol–water partition coefficient (Wildman–Crippen LogP) is 5.53. The highest BCUT2D eigenvalue weighted by Gasteiger charge is 2.50. The van der Waals surface area contributed by atoms with Crippen LogP contribution in [0.25, 0.3) is 0 Å². The Balaban J connectivity index is 2.30. The fourth-order valence-electron chi connectivity index (χ4n) is 4.17. The molecule has 0 fully saturated rings. The van der Waals surface area contributed by atoms with Gasteiger partial charge in [-0.3, -0.25) is 0 Å². The van der Waals surface area contributed by atoms with E-state index in [0.717, 1.165) is 19.3 Å². The van der Waals surface area contributed by atoms with Gasteiger partial charge >= 0.3 is 0 Å². The van der Waals surface area contributed by atoms with E-state index in [0.29, 0.717) is 6.42 Å². The molecule has 0 spiro atoms. The second-order valence-corrected chi connectivity index (χ2v) is 13.9. The Kier molecular flexibility index (Phi) is 9.56. The van der Waals surface area contributed by atoms with Gasteiger partial charge < -0.3 is 9.53 Å². The number of benzene rings is 2. The molecule has 1 unspecified atom stereocenters. The Morgan fingerprint density at radius 1 is 0.935 bits per heavy atom. The molecule has 0 aliphatic heterocycles. The van der Waals surface area contributed by atoms with Crippen molar-refractivity contribution in [2.75, 3.05) is 0 Å². The van der Waals surface area contributed by atoms with Gasteiger partial charge in [0, 0.05) is 6.42 Å². The van der Waals surface area contributed by atoms with Crippen molar-refractivity contribution in [3.63, 3.8) is 0 Å². The van der Waals surface area contributed by atoms with Crippen molar-refractivity contribution < 1.29 is 9.53 Å². The van der Waals surface area contributed by atoms with E-state index in [-0.39, 0.29) is 17.1 Å². The molecule has 3 atom stereocenters. The first-order chi connectivity index (χ1) is 14.7. The lowest BCUT2D eigenvalue weighted by atomic mass is 9.98. The van der Waals surface area contributed by atoms with Gasteiger partial charge in [-0.1, -0.05) is 120 Å². The minimum atomic E-state index is -2.56. The largest absolute Gasteiger partial charge is 0.404 e. The molecule has 2 nitrogen and oxygen atoms in total. The molecule has 1 N–H and O–H groups in total. The Labute approximate surface area is 191 Å². The molecule has 0 amide bonds. The first kappa shape index (κ1) is 25.4. The van der Waals surface area contributed by atoms with Crippen LogP contribution in [0.4, 0.5) is 0 Å². The first-order valence-electron chi connectivity index (χ1n) is 11.7. The Bertz CT molecular complexity index is 791. The number of hydrogen-bond acceptors (Lipinski definition) is 2. The van der Waals surface area contributed by atoms with Crippen LogP contribution in [0, 0.1) is 17.8 Å². The Hall–Kier alpha value is -1.86. The van der Waals surface area contributed by atoms with Gasteiger partial charge in [-0.2, -0.15) is 0 Å². The average molecular weight is 437 g/mol. The highest BCUT2D eigenvalue weighted by molar-refractivity contribution is 6.99. The zero-order valence-electron chi connectivity index (χ0n) is 20.2. The Morgan fingerprint density at radius 3 is 1.90 bits per heavy atom. The molecule has 3 heteroatoms. The lowest BCUT2D eigenvalue weighted by Gasteiger charge is -2.44. The number of hydrogen-bond donors (Lipinski definition) is 1. The standard InChI is InChI=1S/C28H40O2Si/c1-7-8-16-23(2)27(29)22-15-17-24(3)30-31(28(4,5)6,25-18-11-9-12-19-25)26-20-13-10-14-21-26/h9-14,18-21,23-24,27,29H,7-8,16-17H2,1-6H3/t23-,24-,27?/m0/s1. The van der Waals surface area contributed by atoms with E-state index in [9.17, 15) is 5.11 Å². The van der Waals surface area contributed by atoms with Crippen LogP contribution in [0.2, 0.25) is 5.04 Å². The van der Waals surface area contributed by atoms with Crippen molar-refractivity contribution >= 4 is 18.7 Å². The van der Waals surface area contributed by atoms with Crippen molar-refractivity contribution in [1.82, 2.24) is 0 Å². The number of aliphatic hydroxyl groups excluding tert-OH is 1. The molecule has 2 rings (SSSR count). The molecule has 0 heterocycles. The topological polar surface area (TPSA) is 29.5 Å². The monoisotopic (exact) mass is 436 g/mol. The first-order valence-corrected chi connectivity index (χ1v) is 13.6.